The second kappa shape index (κ2) is 7.58. The quantitative estimate of drug-likeness (QED) is 0.797. The van der Waals surface area contributed by atoms with Crippen LogP contribution in [0.25, 0.3) is 6.08 Å². The predicted molar refractivity (Wildman–Crippen MR) is 105 cm³/mol. The number of aryl methyl sites for hydroxylation is 2. The van der Waals surface area contributed by atoms with E-state index in [9.17, 15) is 9.59 Å². The highest BCUT2D eigenvalue weighted by Crippen LogP contribution is 2.29. The molecule has 2 aromatic rings. The van der Waals surface area contributed by atoms with Gasteiger partial charge in [-0.15, -0.1) is 0 Å². The number of hydrogen-bond donors (Lipinski definition) is 2. The third-order valence-electron chi connectivity index (χ3n) is 4.01. The molecule has 26 heavy (non-hydrogen) atoms. The van der Waals surface area contributed by atoms with Crippen molar-refractivity contribution >= 4 is 40.6 Å². The van der Waals surface area contributed by atoms with E-state index in [0.29, 0.717) is 15.8 Å². The van der Waals surface area contributed by atoms with Gasteiger partial charge in [0, 0.05) is 0 Å². The van der Waals surface area contributed by atoms with Crippen LogP contribution in [0.2, 0.25) is 0 Å². The number of amides is 1. The van der Waals surface area contributed by atoms with Crippen LogP contribution in [0.4, 0.5) is 5.69 Å². The van der Waals surface area contributed by atoms with Crippen molar-refractivity contribution in [2.24, 2.45) is 4.99 Å². The Morgan fingerprint density at radius 1 is 1.23 bits per heavy atom. The molecule has 3 rings (SSSR count). The molecule has 0 aromatic heterocycles. The van der Waals surface area contributed by atoms with Crippen LogP contribution in [0, 0.1) is 6.92 Å². The highest BCUT2D eigenvalue weighted by molar-refractivity contribution is 8.18. The lowest BCUT2D eigenvalue weighted by Crippen LogP contribution is -2.19. The van der Waals surface area contributed by atoms with E-state index < -0.39 is 5.97 Å². The molecule has 1 saturated heterocycles. The SMILES string of the molecule is CCc1ccc(C=C2SC(=Nc3cc(C(=O)O)ccc3C)NC2=O)cc1. The number of hydrogen-bond acceptors (Lipinski definition) is 4. The fourth-order valence-electron chi connectivity index (χ4n) is 2.45. The average Bonchev–Trinajstić information content (AvgIpc) is 2.96. The van der Waals surface area contributed by atoms with Gasteiger partial charge in [0.05, 0.1) is 16.2 Å². The summed E-state index contributed by atoms with van der Waals surface area (Å²) >= 11 is 1.24. The molecule has 132 valence electrons. The number of nitrogens with zero attached hydrogens (tertiary/aromatic N) is 1. The van der Waals surface area contributed by atoms with E-state index in [1.807, 2.05) is 37.3 Å². The summed E-state index contributed by atoms with van der Waals surface area (Å²) in [4.78, 5) is 28.3. The summed E-state index contributed by atoms with van der Waals surface area (Å²) in [6, 6.07) is 12.8. The number of aliphatic imine (C=N–C) groups is 1. The molecule has 1 heterocycles. The molecule has 0 radical (unpaired) electrons. The van der Waals surface area contributed by atoms with Crippen molar-refractivity contribution in [1.82, 2.24) is 5.32 Å². The van der Waals surface area contributed by atoms with Crippen molar-refractivity contribution in [3.05, 3.63) is 69.6 Å². The zero-order valence-corrected chi connectivity index (χ0v) is 15.3. The number of carbonyl (C=O) groups is 2. The largest absolute Gasteiger partial charge is 0.478 e. The Hall–Kier alpha value is -2.86. The van der Waals surface area contributed by atoms with Crippen molar-refractivity contribution in [3.63, 3.8) is 0 Å². The van der Waals surface area contributed by atoms with Crippen LogP contribution in [-0.4, -0.2) is 22.2 Å². The number of carbonyl (C=O) groups excluding carboxylic acids is 1. The topological polar surface area (TPSA) is 78.8 Å². The van der Waals surface area contributed by atoms with E-state index in [-0.39, 0.29) is 11.5 Å². The number of carboxylic acid groups (broad SMARTS) is 1. The molecular weight excluding hydrogens is 348 g/mol. The van der Waals surface area contributed by atoms with Gasteiger partial charge in [0.2, 0.25) is 0 Å². The van der Waals surface area contributed by atoms with Crippen molar-refractivity contribution in [2.45, 2.75) is 20.3 Å². The summed E-state index contributed by atoms with van der Waals surface area (Å²) in [6.07, 6.45) is 2.79. The molecule has 2 aromatic carbocycles. The summed E-state index contributed by atoms with van der Waals surface area (Å²) in [5.41, 5.74) is 3.72. The average molecular weight is 366 g/mol. The molecule has 1 amide bonds. The van der Waals surface area contributed by atoms with Crippen LogP contribution in [-0.2, 0) is 11.2 Å². The maximum Gasteiger partial charge on any atom is 0.335 e. The van der Waals surface area contributed by atoms with Crippen molar-refractivity contribution in [1.29, 1.82) is 0 Å². The van der Waals surface area contributed by atoms with Gasteiger partial charge in [-0.1, -0.05) is 37.3 Å². The Kier molecular flexibility index (Phi) is 5.23. The van der Waals surface area contributed by atoms with Gasteiger partial charge in [-0.2, -0.15) is 0 Å². The van der Waals surface area contributed by atoms with Crippen LogP contribution >= 0.6 is 11.8 Å². The van der Waals surface area contributed by atoms with Crippen molar-refractivity contribution < 1.29 is 14.7 Å². The van der Waals surface area contributed by atoms with Crippen LogP contribution < -0.4 is 5.32 Å². The molecular formula is C20H18N2O3S. The van der Waals surface area contributed by atoms with Gasteiger partial charge < -0.3 is 10.4 Å². The maximum absolute atomic E-state index is 12.2. The molecule has 0 saturated carbocycles. The first-order chi connectivity index (χ1) is 12.5. The van der Waals surface area contributed by atoms with Crippen LogP contribution in [0.5, 0.6) is 0 Å². The summed E-state index contributed by atoms with van der Waals surface area (Å²) in [5, 5.41) is 12.3. The predicted octanol–water partition coefficient (Wildman–Crippen LogP) is 4.15. The minimum Gasteiger partial charge on any atom is -0.478 e. The first kappa shape index (κ1) is 17.9. The third kappa shape index (κ3) is 4.03. The van der Waals surface area contributed by atoms with Gasteiger partial charge >= 0.3 is 5.97 Å². The lowest BCUT2D eigenvalue weighted by Gasteiger charge is -2.03. The summed E-state index contributed by atoms with van der Waals surface area (Å²) in [7, 11) is 0. The number of thioether (sulfide) groups is 1. The zero-order chi connectivity index (χ0) is 18.7. The van der Waals surface area contributed by atoms with Gasteiger partial charge in [-0.3, -0.25) is 4.79 Å². The number of aromatic carboxylic acids is 1. The van der Waals surface area contributed by atoms with Crippen molar-refractivity contribution in [3.8, 4) is 0 Å². The van der Waals surface area contributed by atoms with E-state index >= 15 is 0 Å². The zero-order valence-electron chi connectivity index (χ0n) is 14.4. The fourth-order valence-corrected chi connectivity index (χ4v) is 3.29. The van der Waals surface area contributed by atoms with Crippen LogP contribution in [0.1, 0.15) is 34.0 Å². The second-order valence-corrected chi connectivity index (χ2v) is 6.91. The van der Waals surface area contributed by atoms with E-state index in [1.54, 1.807) is 6.07 Å². The van der Waals surface area contributed by atoms with Gasteiger partial charge in [0.15, 0.2) is 5.17 Å². The highest BCUT2D eigenvalue weighted by Gasteiger charge is 2.24. The molecule has 0 unspecified atom stereocenters. The number of rotatable bonds is 4. The number of carboxylic acids is 1. The lowest BCUT2D eigenvalue weighted by molar-refractivity contribution is -0.115. The van der Waals surface area contributed by atoms with E-state index in [1.165, 1.54) is 29.5 Å². The molecule has 1 aliphatic heterocycles. The van der Waals surface area contributed by atoms with Gasteiger partial charge in [-0.05, 0) is 60.0 Å². The van der Waals surface area contributed by atoms with Gasteiger partial charge in [0.1, 0.15) is 0 Å². The number of nitrogens with one attached hydrogen (secondary N) is 1. The number of amidine groups is 1. The normalized spacial score (nSPS) is 16.9. The molecule has 0 atom stereocenters. The fraction of sp³-hybridized carbons (Fsp3) is 0.150. The van der Waals surface area contributed by atoms with Crippen molar-refractivity contribution in [2.75, 3.05) is 0 Å². The molecule has 6 heteroatoms. The molecule has 2 N–H and O–H groups in total. The summed E-state index contributed by atoms with van der Waals surface area (Å²) in [5.74, 6) is -1.22. The maximum atomic E-state index is 12.2. The molecule has 5 nitrogen and oxygen atoms in total. The monoisotopic (exact) mass is 366 g/mol. The Morgan fingerprint density at radius 3 is 2.62 bits per heavy atom. The Morgan fingerprint density at radius 2 is 1.96 bits per heavy atom. The minimum atomic E-state index is -1.01. The second-order valence-electron chi connectivity index (χ2n) is 5.88. The van der Waals surface area contributed by atoms with E-state index in [2.05, 4.69) is 17.2 Å². The third-order valence-corrected chi connectivity index (χ3v) is 4.92. The molecule has 0 spiro atoms. The van der Waals surface area contributed by atoms with E-state index in [0.717, 1.165) is 17.5 Å². The highest BCUT2D eigenvalue weighted by atomic mass is 32.2. The first-order valence-corrected chi connectivity index (χ1v) is 9.00. The van der Waals surface area contributed by atoms with Crippen LogP contribution in [0.3, 0.4) is 0 Å². The molecule has 1 fully saturated rings. The smallest absolute Gasteiger partial charge is 0.335 e. The molecule has 1 aliphatic rings. The summed E-state index contributed by atoms with van der Waals surface area (Å²) in [6.45, 7) is 3.94. The first-order valence-electron chi connectivity index (χ1n) is 8.18. The lowest BCUT2D eigenvalue weighted by atomic mass is 10.1. The number of benzene rings is 2. The minimum absolute atomic E-state index is 0.163. The van der Waals surface area contributed by atoms with E-state index in [4.69, 9.17) is 5.11 Å². The Bertz CT molecular complexity index is 931. The Labute approximate surface area is 155 Å². The Balaban J connectivity index is 1.85. The summed E-state index contributed by atoms with van der Waals surface area (Å²) < 4.78 is 0. The molecule has 0 aliphatic carbocycles. The van der Waals surface area contributed by atoms with Crippen LogP contribution in [0.15, 0.2) is 52.4 Å². The van der Waals surface area contributed by atoms with Gasteiger partial charge in [0.25, 0.3) is 5.91 Å². The van der Waals surface area contributed by atoms with Gasteiger partial charge in [-0.25, -0.2) is 9.79 Å². The standard InChI is InChI=1S/C20H18N2O3S/c1-3-13-5-7-14(8-6-13)10-17-18(23)22-20(26-17)21-16-11-15(19(24)25)9-4-12(16)2/h4-11H,3H2,1-2H3,(H,24,25)(H,21,22,23). The molecule has 0 bridgehead atoms.